The number of hydrogen-bond donors (Lipinski definition) is 1. The minimum atomic E-state index is -4.75. The number of hydrogen-bond acceptors (Lipinski definition) is 4. The van der Waals surface area contributed by atoms with E-state index >= 15 is 0 Å². The smallest absolute Gasteiger partial charge is 0.398 e. The van der Waals surface area contributed by atoms with Gasteiger partial charge in [-0.25, -0.2) is 8.42 Å². The molecule has 0 atom stereocenters. The molecule has 0 amide bonds. The number of benzene rings is 3. The van der Waals surface area contributed by atoms with Crippen LogP contribution in [0.3, 0.4) is 0 Å². The van der Waals surface area contributed by atoms with Gasteiger partial charge in [-0.3, -0.25) is 0 Å². The minimum absolute atomic E-state index is 0.0549. The number of sulfone groups is 1. The molecule has 0 spiro atoms. The van der Waals surface area contributed by atoms with Gasteiger partial charge in [0.1, 0.15) is 0 Å². The average molecular weight is 434 g/mol. The third-order valence-electron chi connectivity index (χ3n) is 4.73. The van der Waals surface area contributed by atoms with Gasteiger partial charge in [0.25, 0.3) is 0 Å². The Morgan fingerprint density at radius 3 is 2.20 bits per heavy atom. The molecule has 0 saturated carbocycles. The second kappa shape index (κ2) is 8.39. The van der Waals surface area contributed by atoms with E-state index in [1.54, 1.807) is 18.2 Å². The van der Waals surface area contributed by atoms with Crippen molar-refractivity contribution in [1.29, 1.82) is 0 Å². The lowest BCUT2D eigenvalue weighted by atomic mass is 10.2. The monoisotopic (exact) mass is 434 g/mol. The number of para-hydroxylation sites is 1. The third kappa shape index (κ3) is 4.43. The highest BCUT2D eigenvalue weighted by atomic mass is 32.2. The number of anilines is 2. The Balaban J connectivity index is 2.08. The summed E-state index contributed by atoms with van der Waals surface area (Å²) in [5.74, 6) is 0. The predicted molar refractivity (Wildman–Crippen MR) is 111 cm³/mol. The van der Waals surface area contributed by atoms with E-state index in [1.807, 2.05) is 42.2 Å². The van der Waals surface area contributed by atoms with E-state index < -0.39 is 32.2 Å². The summed E-state index contributed by atoms with van der Waals surface area (Å²) in [6.45, 7) is 2.85. The zero-order valence-corrected chi connectivity index (χ0v) is 17.0. The van der Waals surface area contributed by atoms with Crippen molar-refractivity contribution < 1.29 is 21.6 Å². The van der Waals surface area contributed by atoms with Crippen LogP contribution in [0.1, 0.15) is 18.1 Å². The van der Waals surface area contributed by atoms with Crippen LogP contribution >= 0.6 is 0 Å². The van der Waals surface area contributed by atoms with E-state index in [-0.39, 0.29) is 4.90 Å². The Kier molecular flexibility index (Phi) is 6.07. The van der Waals surface area contributed by atoms with Crippen LogP contribution in [0.15, 0.2) is 82.6 Å². The van der Waals surface area contributed by atoms with Crippen molar-refractivity contribution in [3.63, 3.8) is 0 Å². The maximum absolute atomic E-state index is 13.3. The predicted octanol–water partition coefficient (Wildman–Crippen LogP) is 5.15. The Hall–Kier alpha value is -3.00. The highest BCUT2D eigenvalue weighted by Gasteiger charge is 2.35. The lowest BCUT2D eigenvalue weighted by Gasteiger charge is -2.26. The van der Waals surface area contributed by atoms with E-state index in [2.05, 4.69) is 0 Å². The van der Waals surface area contributed by atoms with Crippen LogP contribution in [-0.4, -0.2) is 15.0 Å². The topological polar surface area (TPSA) is 63.4 Å². The molecule has 0 aliphatic rings. The van der Waals surface area contributed by atoms with E-state index in [0.717, 1.165) is 17.7 Å². The molecule has 0 aliphatic carbocycles. The summed E-state index contributed by atoms with van der Waals surface area (Å²) < 4.78 is 66.3. The van der Waals surface area contributed by atoms with Crippen LogP contribution in [0.4, 0.5) is 24.5 Å². The Labute approximate surface area is 173 Å². The maximum Gasteiger partial charge on any atom is 0.418 e. The van der Waals surface area contributed by atoms with E-state index in [0.29, 0.717) is 24.8 Å². The molecule has 3 aromatic rings. The quantitative estimate of drug-likeness (QED) is 0.545. The number of nitrogen functional groups attached to an aromatic ring is 1. The van der Waals surface area contributed by atoms with Gasteiger partial charge in [0.2, 0.25) is 9.84 Å². The van der Waals surface area contributed by atoms with Gasteiger partial charge >= 0.3 is 6.18 Å². The van der Waals surface area contributed by atoms with Gasteiger partial charge in [-0.15, -0.1) is 0 Å². The normalized spacial score (nSPS) is 12.0. The SMILES string of the molecule is CCN(Cc1ccccc1)c1ccccc1S(=O)(=O)c1ccc(N)c(C(F)(F)F)c1. The summed E-state index contributed by atoms with van der Waals surface area (Å²) in [6, 6.07) is 18.5. The molecule has 4 nitrogen and oxygen atoms in total. The molecule has 3 aromatic carbocycles. The Morgan fingerprint density at radius 2 is 1.57 bits per heavy atom. The molecule has 30 heavy (non-hydrogen) atoms. The van der Waals surface area contributed by atoms with Crippen LogP contribution < -0.4 is 10.6 Å². The first-order valence-corrected chi connectivity index (χ1v) is 10.7. The molecule has 3 rings (SSSR count). The summed E-state index contributed by atoms with van der Waals surface area (Å²) >= 11 is 0. The molecule has 0 aliphatic heterocycles. The molecule has 0 unspecified atom stereocenters. The van der Waals surface area contributed by atoms with Crippen molar-refractivity contribution in [3.05, 3.63) is 83.9 Å². The van der Waals surface area contributed by atoms with Gasteiger partial charge in [0, 0.05) is 18.8 Å². The van der Waals surface area contributed by atoms with E-state index in [4.69, 9.17) is 5.73 Å². The summed E-state index contributed by atoms with van der Waals surface area (Å²) in [5, 5.41) is 0. The van der Waals surface area contributed by atoms with Gasteiger partial charge in [-0.05, 0) is 42.8 Å². The van der Waals surface area contributed by atoms with Crippen molar-refractivity contribution in [3.8, 4) is 0 Å². The highest BCUT2D eigenvalue weighted by Crippen LogP contribution is 2.37. The molecule has 0 fully saturated rings. The molecule has 158 valence electrons. The van der Waals surface area contributed by atoms with E-state index in [1.165, 1.54) is 6.07 Å². The van der Waals surface area contributed by atoms with Crippen LogP contribution in [0.5, 0.6) is 0 Å². The molecule has 0 aromatic heterocycles. The van der Waals surface area contributed by atoms with Crippen molar-refractivity contribution in [2.45, 2.75) is 29.4 Å². The number of nitrogens with zero attached hydrogens (tertiary/aromatic N) is 1. The molecule has 0 radical (unpaired) electrons. The van der Waals surface area contributed by atoms with Gasteiger partial charge in [0.05, 0.1) is 21.0 Å². The standard InChI is InChI=1S/C22H21F3N2O2S/c1-2-27(15-16-8-4-3-5-9-16)20-10-6-7-11-21(20)30(28,29)17-12-13-19(26)18(14-17)22(23,24)25/h3-14H,2,15,26H2,1H3. The fourth-order valence-corrected chi connectivity index (χ4v) is 4.70. The molecule has 2 N–H and O–H groups in total. The van der Waals surface area contributed by atoms with Crippen LogP contribution in [0.2, 0.25) is 0 Å². The molecule has 0 bridgehead atoms. The summed E-state index contributed by atoms with van der Waals surface area (Å²) in [4.78, 5) is 1.36. The first-order valence-electron chi connectivity index (χ1n) is 9.24. The lowest BCUT2D eigenvalue weighted by Crippen LogP contribution is -2.24. The Bertz CT molecular complexity index is 1130. The van der Waals surface area contributed by atoms with Crippen molar-refractivity contribution in [1.82, 2.24) is 0 Å². The first-order chi connectivity index (χ1) is 14.1. The molecule has 0 heterocycles. The maximum atomic E-state index is 13.3. The first kappa shape index (κ1) is 21.7. The minimum Gasteiger partial charge on any atom is -0.398 e. The number of nitrogens with two attached hydrogens (primary N) is 1. The largest absolute Gasteiger partial charge is 0.418 e. The summed E-state index contributed by atoms with van der Waals surface area (Å²) in [7, 11) is -4.21. The third-order valence-corrected chi connectivity index (χ3v) is 6.53. The second-order valence-corrected chi connectivity index (χ2v) is 8.64. The van der Waals surface area contributed by atoms with Gasteiger partial charge < -0.3 is 10.6 Å². The molecule has 8 heteroatoms. The average Bonchev–Trinajstić information content (AvgIpc) is 2.72. The van der Waals surface area contributed by atoms with E-state index in [9.17, 15) is 21.6 Å². The summed E-state index contributed by atoms with van der Waals surface area (Å²) in [6.07, 6.45) is -4.75. The molecule has 0 saturated heterocycles. The van der Waals surface area contributed by atoms with Crippen LogP contribution in [0, 0.1) is 0 Å². The van der Waals surface area contributed by atoms with Gasteiger partial charge in [-0.1, -0.05) is 42.5 Å². The fourth-order valence-electron chi connectivity index (χ4n) is 3.19. The van der Waals surface area contributed by atoms with Crippen molar-refractivity contribution in [2.75, 3.05) is 17.2 Å². The zero-order chi connectivity index (χ0) is 21.9. The van der Waals surface area contributed by atoms with Gasteiger partial charge in [-0.2, -0.15) is 13.2 Å². The highest BCUT2D eigenvalue weighted by molar-refractivity contribution is 7.91. The molecular weight excluding hydrogens is 413 g/mol. The lowest BCUT2D eigenvalue weighted by molar-refractivity contribution is -0.137. The molecular formula is C22H21F3N2O2S. The fraction of sp³-hybridized carbons (Fsp3) is 0.182. The Morgan fingerprint density at radius 1 is 0.933 bits per heavy atom. The second-order valence-electron chi connectivity index (χ2n) is 6.72. The number of alkyl halides is 3. The number of rotatable bonds is 6. The zero-order valence-electron chi connectivity index (χ0n) is 16.2. The van der Waals surface area contributed by atoms with Gasteiger partial charge in [0.15, 0.2) is 0 Å². The number of halogens is 3. The van der Waals surface area contributed by atoms with Crippen LogP contribution in [-0.2, 0) is 22.6 Å². The van der Waals surface area contributed by atoms with Crippen molar-refractivity contribution >= 4 is 21.2 Å². The van der Waals surface area contributed by atoms with Crippen LogP contribution in [0.25, 0.3) is 0 Å². The summed E-state index contributed by atoms with van der Waals surface area (Å²) in [5.41, 5.74) is 5.14. The van der Waals surface area contributed by atoms with Crippen molar-refractivity contribution in [2.24, 2.45) is 0 Å².